The minimum absolute atomic E-state index is 0.156. The van der Waals surface area contributed by atoms with Crippen LogP contribution in [0.4, 0.5) is 4.39 Å². The summed E-state index contributed by atoms with van der Waals surface area (Å²) in [6, 6.07) is 1.07. The molecule has 7 atom stereocenters. The highest BCUT2D eigenvalue weighted by molar-refractivity contribution is 7.47. The molecule has 0 spiro atoms. The second kappa shape index (κ2) is 10.3. The Hall–Kier alpha value is -2.76. The summed E-state index contributed by atoms with van der Waals surface area (Å²) in [5, 5.41) is 19.7. The minimum Gasteiger partial charge on any atom is -0.394 e. The lowest BCUT2D eigenvalue weighted by atomic mass is 10.2. The van der Waals surface area contributed by atoms with Gasteiger partial charge >= 0.3 is 19.2 Å². The number of rotatable bonds is 8. The Morgan fingerprint density at radius 2 is 1.75 bits per heavy atom. The number of aromatic amines is 2. The number of hydrogen-bond donors (Lipinski definition) is 5. The monoisotopic (exact) mass is 536 g/mol. The van der Waals surface area contributed by atoms with Crippen LogP contribution in [0.3, 0.4) is 0 Å². The molecule has 2 aliphatic rings. The first-order valence-electron chi connectivity index (χ1n) is 10.6. The van der Waals surface area contributed by atoms with Gasteiger partial charge in [0.25, 0.3) is 11.1 Å². The van der Waals surface area contributed by atoms with E-state index in [0.717, 1.165) is 21.4 Å². The lowest BCUT2D eigenvalue weighted by molar-refractivity contribution is -0.0577. The van der Waals surface area contributed by atoms with Gasteiger partial charge in [-0.05, 0) is 0 Å². The Kier molecular flexibility index (Phi) is 7.53. The molecule has 36 heavy (non-hydrogen) atoms. The van der Waals surface area contributed by atoms with Gasteiger partial charge in [-0.3, -0.25) is 37.7 Å². The van der Waals surface area contributed by atoms with Gasteiger partial charge in [-0.25, -0.2) is 14.2 Å². The third kappa shape index (κ3) is 5.63. The average Bonchev–Trinajstić information content (AvgIpc) is 3.37. The summed E-state index contributed by atoms with van der Waals surface area (Å²) in [5.74, 6) is -1.25. The molecule has 2 aromatic heterocycles. The molecule has 0 amide bonds. The van der Waals surface area contributed by atoms with Crippen LogP contribution in [0.5, 0.6) is 0 Å². The number of hydrogen-bond acceptors (Lipinski definition) is 11. The summed E-state index contributed by atoms with van der Waals surface area (Å²) in [4.78, 5) is 60.2. The quantitative estimate of drug-likeness (QED) is 0.224. The summed E-state index contributed by atoms with van der Waals surface area (Å²) in [5.41, 5.74) is -3.64. The molecule has 4 rings (SSSR count). The number of nitrogens with one attached hydrogen (secondary N) is 2. The number of halogens is 1. The van der Waals surface area contributed by atoms with E-state index >= 15 is 0 Å². The average molecular weight is 536 g/mol. The molecule has 2 aromatic rings. The standard InChI is InChI=1S/C18H22FN4O12P/c19-8-5-23(18(29)21-16(8)27)14-3-9(25)12(34-14)7-32-36(30,31)35-10-4-15(33-11(10)6-24)22-2-1-13(26)20-17(22)28/h1-2,5,9-12,14-15,24-25H,3-4,6-7H2,(H,30,31)(H,20,26,28)(H,21,27,29)/t9-,10+,11-,12+,14+,15+/m0/s1. The van der Waals surface area contributed by atoms with Crippen molar-refractivity contribution in [1.29, 1.82) is 0 Å². The molecule has 4 heterocycles. The van der Waals surface area contributed by atoms with Crippen LogP contribution in [0, 0.1) is 5.82 Å². The van der Waals surface area contributed by atoms with Crippen molar-refractivity contribution in [2.75, 3.05) is 13.2 Å². The van der Waals surface area contributed by atoms with E-state index in [2.05, 4.69) is 0 Å². The van der Waals surface area contributed by atoms with E-state index in [9.17, 15) is 43.2 Å². The van der Waals surface area contributed by atoms with Gasteiger partial charge in [0.05, 0.1) is 25.5 Å². The molecule has 0 aromatic carbocycles. The molecule has 1 unspecified atom stereocenters. The first kappa shape index (κ1) is 26.3. The Morgan fingerprint density at radius 1 is 1.08 bits per heavy atom. The Morgan fingerprint density at radius 3 is 2.44 bits per heavy atom. The van der Waals surface area contributed by atoms with Crippen molar-refractivity contribution < 1.29 is 42.6 Å². The topological polar surface area (TPSA) is 224 Å². The number of aliphatic hydroxyl groups excluding tert-OH is 2. The van der Waals surface area contributed by atoms with Crippen molar-refractivity contribution in [2.24, 2.45) is 0 Å². The van der Waals surface area contributed by atoms with Crippen molar-refractivity contribution in [3.63, 3.8) is 0 Å². The molecule has 2 saturated heterocycles. The summed E-state index contributed by atoms with van der Waals surface area (Å²) < 4.78 is 48.7. The highest BCUT2D eigenvalue weighted by Gasteiger charge is 2.43. The van der Waals surface area contributed by atoms with Crippen molar-refractivity contribution >= 4 is 7.82 Å². The Labute approximate surface area is 199 Å². The van der Waals surface area contributed by atoms with Gasteiger partial charge in [0, 0.05) is 25.1 Å². The number of aromatic nitrogens is 4. The fraction of sp³-hybridized carbons (Fsp3) is 0.556. The van der Waals surface area contributed by atoms with E-state index in [0.29, 0.717) is 6.20 Å². The molecule has 18 heteroatoms. The number of nitrogens with zero attached hydrogens (tertiary/aromatic N) is 2. The number of H-pyrrole nitrogens is 2. The Balaban J connectivity index is 1.38. The van der Waals surface area contributed by atoms with Crippen LogP contribution in [-0.2, 0) is 23.1 Å². The number of ether oxygens (including phenoxy) is 2. The van der Waals surface area contributed by atoms with E-state index in [1.165, 1.54) is 0 Å². The predicted molar refractivity (Wildman–Crippen MR) is 113 cm³/mol. The van der Waals surface area contributed by atoms with E-state index in [4.69, 9.17) is 18.5 Å². The van der Waals surface area contributed by atoms with Gasteiger partial charge in [0.2, 0.25) is 5.82 Å². The van der Waals surface area contributed by atoms with Crippen LogP contribution in [0.15, 0.2) is 37.6 Å². The normalized spacial score (nSPS) is 29.9. The van der Waals surface area contributed by atoms with Crippen molar-refractivity contribution in [2.45, 2.75) is 49.7 Å². The maximum absolute atomic E-state index is 13.5. The third-order valence-corrected chi connectivity index (χ3v) is 6.64. The predicted octanol–water partition coefficient (Wildman–Crippen LogP) is -2.34. The molecule has 0 saturated carbocycles. The second-order valence-corrected chi connectivity index (χ2v) is 9.46. The number of aliphatic hydroxyl groups is 2. The van der Waals surface area contributed by atoms with Crippen molar-refractivity contribution in [3.8, 4) is 0 Å². The molecule has 16 nitrogen and oxygen atoms in total. The molecule has 5 N–H and O–H groups in total. The minimum atomic E-state index is -4.83. The van der Waals surface area contributed by atoms with Crippen LogP contribution in [-0.4, -0.2) is 71.8 Å². The highest BCUT2D eigenvalue weighted by Crippen LogP contribution is 2.48. The van der Waals surface area contributed by atoms with Crippen LogP contribution in [0.2, 0.25) is 0 Å². The molecular weight excluding hydrogens is 514 g/mol. The summed E-state index contributed by atoms with van der Waals surface area (Å²) in [6.07, 6.45) is -5.62. The molecular formula is C18H22FN4O12P. The zero-order valence-corrected chi connectivity index (χ0v) is 19.2. The van der Waals surface area contributed by atoms with Crippen LogP contribution >= 0.6 is 7.82 Å². The molecule has 2 aliphatic heterocycles. The van der Waals surface area contributed by atoms with Crippen molar-refractivity contribution in [3.05, 3.63) is 66.0 Å². The maximum Gasteiger partial charge on any atom is 0.472 e. The van der Waals surface area contributed by atoms with E-state index in [-0.39, 0.29) is 12.8 Å². The molecule has 2 fully saturated rings. The molecule has 0 bridgehead atoms. The molecule has 0 radical (unpaired) electrons. The van der Waals surface area contributed by atoms with E-state index in [1.54, 1.807) is 4.98 Å². The maximum atomic E-state index is 13.5. The first-order valence-corrected chi connectivity index (χ1v) is 12.0. The Bertz CT molecular complexity index is 1390. The molecule has 198 valence electrons. The fourth-order valence-electron chi connectivity index (χ4n) is 3.88. The lowest BCUT2D eigenvalue weighted by Gasteiger charge is -2.21. The van der Waals surface area contributed by atoms with Crippen LogP contribution < -0.4 is 22.5 Å². The van der Waals surface area contributed by atoms with Gasteiger partial charge in [0.15, 0.2) is 0 Å². The first-order chi connectivity index (χ1) is 17.0. The van der Waals surface area contributed by atoms with E-state index < -0.39 is 86.2 Å². The number of phosphoric ester groups is 1. The zero-order valence-electron chi connectivity index (χ0n) is 18.3. The fourth-order valence-corrected chi connectivity index (χ4v) is 4.84. The highest BCUT2D eigenvalue weighted by atomic mass is 31.2. The summed E-state index contributed by atoms with van der Waals surface area (Å²) in [6.45, 7) is -1.30. The van der Waals surface area contributed by atoms with Gasteiger partial charge in [-0.2, -0.15) is 4.39 Å². The number of phosphoric acid groups is 1. The molecule has 0 aliphatic carbocycles. The lowest BCUT2D eigenvalue weighted by Crippen LogP contribution is -2.34. The van der Waals surface area contributed by atoms with E-state index in [1.807, 2.05) is 4.98 Å². The largest absolute Gasteiger partial charge is 0.472 e. The SMILES string of the molecule is O=c1ccn([C@H]2C[C@@H](OP(=O)(O)OC[C@H]3O[C@@H](n4cc(F)c(=O)[nH]c4=O)C[C@@H]3O)[C@H](CO)O2)c(=O)[nH]1. The zero-order chi connectivity index (χ0) is 26.2. The van der Waals surface area contributed by atoms with Gasteiger partial charge in [-0.15, -0.1) is 0 Å². The third-order valence-electron chi connectivity index (χ3n) is 5.63. The smallest absolute Gasteiger partial charge is 0.394 e. The summed E-state index contributed by atoms with van der Waals surface area (Å²) >= 11 is 0. The van der Waals surface area contributed by atoms with Crippen molar-refractivity contribution in [1.82, 2.24) is 19.1 Å². The second-order valence-electron chi connectivity index (χ2n) is 8.05. The summed E-state index contributed by atoms with van der Waals surface area (Å²) in [7, 11) is -4.83. The van der Waals surface area contributed by atoms with Crippen LogP contribution in [0.1, 0.15) is 25.3 Å². The van der Waals surface area contributed by atoms with Crippen LogP contribution in [0.25, 0.3) is 0 Å². The van der Waals surface area contributed by atoms with Gasteiger partial charge in [-0.1, -0.05) is 0 Å². The van der Waals surface area contributed by atoms with Gasteiger partial charge < -0.3 is 24.6 Å². The van der Waals surface area contributed by atoms with Gasteiger partial charge in [0.1, 0.15) is 30.8 Å².